The Morgan fingerprint density at radius 2 is 2.53 bits per heavy atom. The van der Waals surface area contributed by atoms with Crippen LogP contribution in [0.1, 0.15) is 18.2 Å². The van der Waals surface area contributed by atoms with E-state index in [2.05, 4.69) is 4.98 Å². The van der Waals surface area contributed by atoms with Crippen LogP contribution < -0.4 is 5.73 Å². The Bertz CT molecular complexity index is 360. The lowest BCUT2D eigenvalue weighted by Crippen LogP contribution is -2.32. The second-order valence-electron chi connectivity index (χ2n) is 3.28. The highest BCUT2D eigenvalue weighted by atomic mass is 35.5. The molecule has 0 radical (unpaired) electrons. The normalized spacial score (nSPS) is 12.4. The minimum absolute atomic E-state index is 0.325. The summed E-state index contributed by atoms with van der Waals surface area (Å²) >= 11 is 8.90. The first kappa shape index (κ1) is 14.8. The van der Waals surface area contributed by atoms with Crippen LogP contribution in [0.15, 0.2) is 6.20 Å². The van der Waals surface area contributed by atoms with Crippen molar-refractivity contribution < 1.29 is 9.53 Å². The zero-order valence-corrected chi connectivity index (χ0v) is 11.9. The Balaban J connectivity index is 2.13. The monoisotopic (exact) mass is 294 g/mol. The lowest BCUT2D eigenvalue weighted by molar-refractivity contribution is -0.144. The summed E-state index contributed by atoms with van der Waals surface area (Å²) in [6, 6.07) is -0.521. The van der Waals surface area contributed by atoms with Crippen LogP contribution in [0.3, 0.4) is 0 Å². The van der Waals surface area contributed by atoms with Crippen molar-refractivity contribution in [3.63, 3.8) is 0 Å². The Kier molecular flexibility index (Phi) is 6.87. The topological polar surface area (TPSA) is 65.2 Å². The minimum atomic E-state index is -0.521. The first-order valence-electron chi connectivity index (χ1n) is 5.23. The molecule has 0 spiro atoms. The molecule has 0 aliphatic heterocycles. The average Bonchev–Trinajstić information content (AvgIpc) is 2.70. The van der Waals surface area contributed by atoms with Gasteiger partial charge in [0.05, 0.1) is 6.61 Å². The molecule has 1 unspecified atom stereocenters. The van der Waals surface area contributed by atoms with Gasteiger partial charge in [-0.05, 0) is 19.1 Å². The molecule has 0 fully saturated rings. The van der Waals surface area contributed by atoms with Gasteiger partial charge in [-0.2, -0.15) is 11.8 Å². The number of thioether (sulfide) groups is 1. The third kappa shape index (κ3) is 5.72. The van der Waals surface area contributed by atoms with Crippen LogP contribution >= 0.6 is 34.7 Å². The molecular weight excluding hydrogens is 280 g/mol. The molecule has 0 amide bonds. The van der Waals surface area contributed by atoms with Crippen LogP contribution in [0.25, 0.3) is 0 Å². The number of esters is 1. The van der Waals surface area contributed by atoms with Gasteiger partial charge in [0.1, 0.15) is 6.04 Å². The van der Waals surface area contributed by atoms with Gasteiger partial charge in [-0.25, -0.2) is 4.98 Å². The number of nitrogens with zero attached hydrogens (tertiary/aromatic N) is 1. The van der Waals surface area contributed by atoms with Gasteiger partial charge >= 0.3 is 5.97 Å². The van der Waals surface area contributed by atoms with Crippen molar-refractivity contribution in [3.05, 3.63) is 15.5 Å². The molecule has 4 nitrogen and oxygen atoms in total. The van der Waals surface area contributed by atoms with Crippen molar-refractivity contribution in [2.75, 3.05) is 12.4 Å². The molecule has 0 saturated heterocycles. The maximum Gasteiger partial charge on any atom is 0.322 e. The van der Waals surface area contributed by atoms with Crippen LogP contribution in [-0.4, -0.2) is 29.4 Å². The van der Waals surface area contributed by atoms with Gasteiger partial charge in [0, 0.05) is 16.8 Å². The Hall–Kier alpha value is -0.300. The maximum atomic E-state index is 11.2. The van der Waals surface area contributed by atoms with Gasteiger partial charge in [-0.15, -0.1) is 11.3 Å². The average molecular weight is 295 g/mol. The van der Waals surface area contributed by atoms with E-state index >= 15 is 0 Å². The first-order valence-corrected chi connectivity index (χ1v) is 7.58. The van der Waals surface area contributed by atoms with Gasteiger partial charge in [-0.1, -0.05) is 11.6 Å². The second-order valence-corrected chi connectivity index (χ2v) is 6.08. The summed E-state index contributed by atoms with van der Waals surface area (Å²) in [6.07, 6.45) is 2.39. The number of aromatic nitrogens is 1. The van der Waals surface area contributed by atoms with Crippen LogP contribution in [0.5, 0.6) is 0 Å². The summed E-state index contributed by atoms with van der Waals surface area (Å²) in [4.78, 5) is 16.3. The summed E-state index contributed by atoms with van der Waals surface area (Å²) in [7, 11) is 0. The van der Waals surface area contributed by atoms with Crippen molar-refractivity contribution in [2.45, 2.75) is 25.1 Å². The Labute approximate surface area is 114 Å². The van der Waals surface area contributed by atoms with E-state index in [0.717, 1.165) is 16.4 Å². The van der Waals surface area contributed by atoms with Gasteiger partial charge in [-0.3, -0.25) is 4.79 Å². The Morgan fingerprint density at radius 3 is 3.12 bits per heavy atom. The zero-order valence-electron chi connectivity index (χ0n) is 9.52. The van der Waals surface area contributed by atoms with Crippen molar-refractivity contribution in [3.8, 4) is 0 Å². The number of rotatable bonds is 7. The van der Waals surface area contributed by atoms with Gasteiger partial charge in [0.15, 0.2) is 4.47 Å². The standard InChI is InChI=1S/C10H15ClN2O2S2/c1-2-15-9(14)8(12)3-4-16-6-7-5-13-10(11)17-7/h5,8H,2-4,6,12H2,1H3. The summed E-state index contributed by atoms with van der Waals surface area (Å²) in [5, 5.41) is 0. The molecule has 17 heavy (non-hydrogen) atoms. The highest BCUT2D eigenvalue weighted by molar-refractivity contribution is 7.98. The summed E-state index contributed by atoms with van der Waals surface area (Å²) in [6.45, 7) is 2.14. The van der Waals surface area contributed by atoms with E-state index in [1.165, 1.54) is 11.3 Å². The molecular formula is C10H15ClN2O2S2. The largest absolute Gasteiger partial charge is 0.465 e. The third-order valence-corrected chi connectivity index (χ3v) is 4.27. The molecule has 2 N–H and O–H groups in total. The molecule has 0 aromatic carbocycles. The lowest BCUT2D eigenvalue weighted by Gasteiger charge is -2.09. The number of hydrogen-bond donors (Lipinski definition) is 1. The van der Waals surface area contributed by atoms with Gasteiger partial charge < -0.3 is 10.5 Å². The molecule has 1 aromatic heterocycles. The fourth-order valence-corrected chi connectivity index (χ4v) is 3.20. The highest BCUT2D eigenvalue weighted by Gasteiger charge is 2.13. The smallest absolute Gasteiger partial charge is 0.322 e. The fraction of sp³-hybridized carbons (Fsp3) is 0.600. The third-order valence-electron chi connectivity index (χ3n) is 1.93. The zero-order chi connectivity index (χ0) is 12.7. The lowest BCUT2D eigenvalue weighted by atomic mass is 10.2. The number of hydrogen-bond acceptors (Lipinski definition) is 6. The molecule has 0 bridgehead atoms. The quantitative estimate of drug-likeness (QED) is 0.617. The molecule has 0 aliphatic rings. The predicted molar refractivity (Wildman–Crippen MR) is 72.5 cm³/mol. The molecule has 96 valence electrons. The highest BCUT2D eigenvalue weighted by Crippen LogP contribution is 2.22. The van der Waals surface area contributed by atoms with Crippen molar-refractivity contribution >= 4 is 40.7 Å². The minimum Gasteiger partial charge on any atom is -0.465 e. The van der Waals surface area contributed by atoms with Crippen molar-refractivity contribution in [2.24, 2.45) is 5.73 Å². The Morgan fingerprint density at radius 1 is 1.76 bits per heavy atom. The van der Waals surface area contributed by atoms with Crippen LogP contribution in [-0.2, 0) is 15.3 Å². The van der Waals surface area contributed by atoms with E-state index in [1.54, 1.807) is 24.9 Å². The molecule has 1 aromatic rings. The van der Waals surface area contributed by atoms with E-state index in [0.29, 0.717) is 17.5 Å². The number of nitrogens with two attached hydrogens (primary N) is 1. The summed E-state index contributed by atoms with van der Waals surface area (Å²) < 4.78 is 5.38. The number of thiazole rings is 1. The van der Waals surface area contributed by atoms with Gasteiger partial charge in [0.25, 0.3) is 0 Å². The van der Waals surface area contributed by atoms with E-state index in [4.69, 9.17) is 22.1 Å². The van der Waals surface area contributed by atoms with Crippen molar-refractivity contribution in [1.29, 1.82) is 0 Å². The molecule has 0 saturated carbocycles. The fourth-order valence-electron chi connectivity index (χ4n) is 1.10. The van der Waals surface area contributed by atoms with E-state index < -0.39 is 6.04 Å². The summed E-state index contributed by atoms with van der Waals surface area (Å²) in [5.41, 5.74) is 5.67. The first-order chi connectivity index (χ1) is 8.13. The maximum absolute atomic E-state index is 11.2. The number of ether oxygens (including phenoxy) is 1. The number of halogens is 1. The van der Waals surface area contributed by atoms with Crippen LogP contribution in [0.4, 0.5) is 0 Å². The predicted octanol–water partition coefficient (Wildman–Crippen LogP) is 2.31. The summed E-state index contributed by atoms with van der Waals surface area (Å²) in [5.74, 6) is 1.34. The SMILES string of the molecule is CCOC(=O)C(N)CCSCc1cnc(Cl)s1. The number of carbonyl (C=O) groups excluding carboxylic acids is 1. The van der Waals surface area contributed by atoms with Crippen LogP contribution in [0, 0.1) is 0 Å². The van der Waals surface area contributed by atoms with Gasteiger partial charge in [0.2, 0.25) is 0 Å². The van der Waals surface area contributed by atoms with Crippen LogP contribution in [0.2, 0.25) is 4.47 Å². The van der Waals surface area contributed by atoms with E-state index in [9.17, 15) is 4.79 Å². The molecule has 0 aliphatic carbocycles. The molecule has 1 rings (SSSR count). The van der Waals surface area contributed by atoms with E-state index in [-0.39, 0.29) is 5.97 Å². The second kappa shape index (κ2) is 7.92. The van der Waals surface area contributed by atoms with Crippen molar-refractivity contribution in [1.82, 2.24) is 4.98 Å². The molecule has 1 heterocycles. The number of carbonyl (C=O) groups is 1. The molecule has 7 heteroatoms. The molecule has 1 atom stereocenters. The van der Waals surface area contributed by atoms with E-state index in [1.807, 2.05) is 0 Å².